The third kappa shape index (κ3) is 4.76. The molecule has 1 aromatic carbocycles. The maximum Gasteiger partial charge on any atom is 0.303 e. The van der Waals surface area contributed by atoms with Crippen LogP contribution in [0.4, 0.5) is 0 Å². The fraction of sp³-hybridized carbons (Fsp3) is 0.389. The molecule has 0 unspecified atom stereocenters. The van der Waals surface area contributed by atoms with Crippen molar-refractivity contribution in [1.29, 1.82) is 0 Å². The molecule has 128 valence electrons. The quantitative estimate of drug-likeness (QED) is 0.468. The summed E-state index contributed by atoms with van der Waals surface area (Å²) in [6, 6.07) is 7.11. The van der Waals surface area contributed by atoms with E-state index in [1.54, 1.807) is 30.4 Å². The van der Waals surface area contributed by atoms with Crippen molar-refractivity contribution in [1.82, 2.24) is 0 Å². The zero-order valence-corrected chi connectivity index (χ0v) is 13.9. The summed E-state index contributed by atoms with van der Waals surface area (Å²) in [5.41, 5.74) is 1.39. The van der Waals surface area contributed by atoms with Gasteiger partial charge in [0, 0.05) is 19.4 Å². The van der Waals surface area contributed by atoms with Gasteiger partial charge in [0.25, 0.3) is 0 Å². The summed E-state index contributed by atoms with van der Waals surface area (Å²) in [7, 11) is 0. The molecule has 2 rings (SSSR count). The maximum absolute atomic E-state index is 11.5. The summed E-state index contributed by atoms with van der Waals surface area (Å²) in [5.74, 6) is -0.922. The van der Waals surface area contributed by atoms with Gasteiger partial charge in [0.1, 0.15) is 24.9 Å². The topological polar surface area (TPSA) is 78.9 Å². The average molecular weight is 332 g/mol. The Kier molecular flexibility index (Phi) is 5.87. The number of ether oxygens (including phenoxy) is 3. The fourth-order valence-electron chi connectivity index (χ4n) is 2.41. The van der Waals surface area contributed by atoms with Crippen molar-refractivity contribution in [2.45, 2.75) is 39.1 Å². The first-order valence-electron chi connectivity index (χ1n) is 7.62. The molecule has 0 bridgehead atoms. The molecule has 0 saturated heterocycles. The van der Waals surface area contributed by atoms with Gasteiger partial charge in [0.15, 0.2) is 5.78 Å². The van der Waals surface area contributed by atoms with E-state index in [0.29, 0.717) is 5.56 Å². The first-order chi connectivity index (χ1) is 11.4. The number of benzene rings is 1. The Balaban J connectivity index is 2.20. The molecular weight excluding hydrogens is 312 g/mol. The van der Waals surface area contributed by atoms with E-state index in [-0.39, 0.29) is 12.4 Å². The molecule has 0 saturated carbocycles. The van der Waals surface area contributed by atoms with Crippen molar-refractivity contribution in [3.05, 3.63) is 47.5 Å². The van der Waals surface area contributed by atoms with Crippen LogP contribution in [0.25, 0.3) is 0 Å². The van der Waals surface area contributed by atoms with Gasteiger partial charge in [-0.3, -0.25) is 14.4 Å². The van der Waals surface area contributed by atoms with Crippen molar-refractivity contribution in [2.75, 3.05) is 6.61 Å². The van der Waals surface area contributed by atoms with E-state index in [2.05, 4.69) is 0 Å². The molecule has 3 atom stereocenters. The Morgan fingerprint density at radius 2 is 1.83 bits per heavy atom. The van der Waals surface area contributed by atoms with Crippen molar-refractivity contribution < 1.29 is 28.6 Å². The lowest BCUT2D eigenvalue weighted by Crippen LogP contribution is -2.39. The molecule has 0 amide bonds. The normalized spacial score (nSPS) is 22.7. The van der Waals surface area contributed by atoms with Gasteiger partial charge in [0.05, 0.1) is 0 Å². The van der Waals surface area contributed by atoms with E-state index in [4.69, 9.17) is 14.2 Å². The summed E-state index contributed by atoms with van der Waals surface area (Å²) in [4.78, 5) is 33.8. The van der Waals surface area contributed by atoms with Gasteiger partial charge in [-0.25, -0.2) is 0 Å². The van der Waals surface area contributed by atoms with Gasteiger partial charge >= 0.3 is 11.9 Å². The molecule has 1 heterocycles. The number of carbonyl (C=O) groups excluding carboxylic acids is 3. The number of Topliss-reactive ketones (excluding diaryl/α,β-unsaturated/α-hetero) is 1. The Bertz CT molecular complexity index is 663. The highest BCUT2D eigenvalue weighted by Gasteiger charge is 2.31. The van der Waals surface area contributed by atoms with Gasteiger partial charge in [-0.1, -0.05) is 24.3 Å². The minimum absolute atomic E-state index is 0.0273. The highest BCUT2D eigenvalue weighted by Crippen LogP contribution is 2.28. The molecule has 0 aromatic heterocycles. The summed E-state index contributed by atoms with van der Waals surface area (Å²) in [5, 5.41) is 0. The minimum Gasteiger partial charge on any atom is -0.463 e. The van der Waals surface area contributed by atoms with E-state index in [9.17, 15) is 14.4 Å². The van der Waals surface area contributed by atoms with Gasteiger partial charge in [-0.15, -0.1) is 0 Å². The monoisotopic (exact) mass is 332 g/mol. The molecule has 6 heteroatoms. The van der Waals surface area contributed by atoms with Crippen molar-refractivity contribution in [2.24, 2.45) is 0 Å². The lowest BCUT2D eigenvalue weighted by atomic mass is 10.0. The summed E-state index contributed by atoms with van der Waals surface area (Å²) >= 11 is 0. The zero-order valence-electron chi connectivity index (χ0n) is 13.9. The van der Waals surface area contributed by atoms with Gasteiger partial charge in [0.2, 0.25) is 0 Å². The van der Waals surface area contributed by atoms with Crippen molar-refractivity contribution >= 4 is 17.7 Å². The molecule has 0 spiro atoms. The van der Waals surface area contributed by atoms with Crippen LogP contribution in [0.5, 0.6) is 0 Å². The molecule has 0 fully saturated rings. The van der Waals surface area contributed by atoms with Crippen LogP contribution in [0.1, 0.15) is 42.8 Å². The summed E-state index contributed by atoms with van der Waals surface area (Å²) in [6.45, 7) is 4.07. The Hall–Kier alpha value is -2.47. The van der Waals surface area contributed by atoms with Gasteiger partial charge in [-0.05, 0) is 24.6 Å². The first kappa shape index (κ1) is 17.9. The van der Waals surface area contributed by atoms with E-state index < -0.39 is 30.3 Å². The van der Waals surface area contributed by atoms with Gasteiger partial charge < -0.3 is 14.2 Å². The Morgan fingerprint density at radius 3 is 2.46 bits per heavy atom. The van der Waals surface area contributed by atoms with Crippen LogP contribution in [0.3, 0.4) is 0 Å². The summed E-state index contributed by atoms with van der Waals surface area (Å²) < 4.78 is 16.1. The first-order valence-corrected chi connectivity index (χ1v) is 7.62. The van der Waals surface area contributed by atoms with Crippen LogP contribution in [0.15, 0.2) is 36.4 Å². The second-order valence-corrected chi connectivity index (χ2v) is 5.54. The van der Waals surface area contributed by atoms with E-state index in [1.807, 2.05) is 6.07 Å². The highest BCUT2D eigenvalue weighted by molar-refractivity contribution is 5.94. The Morgan fingerprint density at radius 1 is 1.08 bits per heavy atom. The fourth-order valence-corrected chi connectivity index (χ4v) is 2.41. The second kappa shape index (κ2) is 7.88. The van der Waals surface area contributed by atoms with Crippen LogP contribution < -0.4 is 0 Å². The molecular formula is C18H20O6. The van der Waals surface area contributed by atoms with Crippen LogP contribution in [0, 0.1) is 0 Å². The SMILES string of the molecule is CC(=O)OC[C@H]1O[C@H](c2cccc(C(C)=O)c2)C=C[C@@H]1OC(C)=O. The third-order valence-electron chi connectivity index (χ3n) is 3.54. The second-order valence-electron chi connectivity index (χ2n) is 5.54. The summed E-state index contributed by atoms with van der Waals surface area (Å²) in [6.07, 6.45) is 1.81. The molecule has 0 radical (unpaired) electrons. The molecule has 6 nitrogen and oxygen atoms in total. The average Bonchev–Trinajstić information content (AvgIpc) is 2.53. The van der Waals surface area contributed by atoms with E-state index in [0.717, 1.165) is 5.56 Å². The predicted octanol–water partition coefficient (Wildman–Crippen LogP) is 2.38. The molecule has 1 aliphatic rings. The number of carbonyl (C=O) groups is 3. The molecule has 0 aliphatic carbocycles. The molecule has 0 N–H and O–H groups in total. The lowest BCUT2D eigenvalue weighted by molar-refractivity contribution is -0.163. The third-order valence-corrected chi connectivity index (χ3v) is 3.54. The van der Waals surface area contributed by atoms with Crippen LogP contribution in [0.2, 0.25) is 0 Å². The smallest absolute Gasteiger partial charge is 0.303 e. The Labute approximate surface area is 140 Å². The molecule has 1 aliphatic heterocycles. The maximum atomic E-state index is 11.5. The number of rotatable bonds is 5. The van der Waals surface area contributed by atoms with E-state index >= 15 is 0 Å². The number of esters is 2. The van der Waals surface area contributed by atoms with Crippen LogP contribution >= 0.6 is 0 Å². The van der Waals surface area contributed by atoms with Gasteiger partial charge in [-0.2, -0.15) is 0 Å². The number of hydrogen-bond acceptors (Lipinski definition) is 6. The van der Waals surface area contributed by atoms with E-state index in [1.165, 1.54) is 20.8 Å². The van der Waals surface area contributed by atoms with Crippen molar-refractivity contribution in [3.63, 3.8) is 0 Å². The molecule has 24 heavy (non-hydrogen) atoms. The number of hydrogen-bond donors (Lipinski definition) is 0. The standard InChI is InChI=1S/C18H20O6/c1-11(19)14-5-4-6-15(9-14)16-7-8-17(23-13(3)21)18(24-16)10-22-12(2)20/h4-9,16-18H,10H2,1-3H3/t16-,17-,18+/m0/s1. The lowest BCUT2D eigenvalue weighted by Gasteiger charge is -2.31. The zero-order chi connectivity index (χ0) is 17.7. The highest BCUT2D eigenvalue weighted by atomic mass is 16.6. The minimum atomic E-state index is -0.630. The van der Waals surface area contributed by atoms with Crippen molar-refractivity contribution in [3.8, 4) is 0 Å². The largest absolute Gasteiger partial charge is 0.463 e. The van der Waals surface area contributed by atoms with Crippen LogP contribution in [-0.4, -0.2) is 36.5 Å². The molecule has 1 aromatic rings. The number of ketones is 1. The predicted molar refractivity (Wildman–Crippen MR) is 85.4 cm³/mol. The van der Waals surface area contributed by atoms with Crippen LogP contribution in [-0.2, 0) is 23.8 Å².